The van der Waals surface area contributed by atoms with E-state index in [1.165, 1.54) is 6.07 Å². The SMILES string of the molecule is C=CCOC[C@@H](O)CN(Cc1c(-c2ccccc2)nn(C)c1Oc1ccc(F)cc1F)CC(C)C. The van der Waals surface area contributed by atoms with E-state index < -0.39 is 17.7 Å². The molecule has 0 saturated carbocycles. The Kier molecular flexibility index (Phi) is 9.54. The van der Waals surface area contributed by atoms with Crippen LogP contribution in [0.1, 0.15) is 19.4 Å². The number of rotatable bonds is 13. The summed E-state index contributed by atoms with van der Waals surface area (Å²) in [6.07, 6.45) is 0.933. The summed E-state index contributed by atoms with van der Waals surface area (Å²) in [5.74, 6) is -0.899. The van der Waals surface area contributed by atoms with E-state index in [0.717, 1.165) is 23.3 Å². The highest BCUT2D eigenvalue weighted by Gasteiger charge is 2.24. The second kappa shape index (κ2) is 12.6. The fourth-order valence-corrected chi connectivity index (χ4v) is 3.89. The number of nitrogens with zero attached hydrogens (tertiary/aromatic N) is 3. The van der Waals surface area contributed by atoms with Gasteiger partial charge in [-0.3, -0.25) is 4.90 Å². The van der Waals surface area contributed by atoms with Crippen molar-refractivity contribution < 1.29 is 23.4 Å². The lowest BCUT2D eigenvalue weighted by Crippen LogP contribution is -2.37. The molecule has 1 N–H and O–H groups in total. The lowest BCUT2D eigenvalue weighted by Gasteiger charge is -2.27. The summed E-state index contributed by atoms with van der Waals surface area (Å²) in [6.45, 7) is 9.82. The first-order chi connectivity index (χ1) is 16.8. The lowest BCUT2D eigenvalue weighted by atomic mass is 10.1. The molecule has 0 spiro atoms. The Morgan fingerprint density at radius 2 is 1.89 bits per heavy atom. The summed E-state index contributed by atoms with van der Waals surface area (Å²) in [5.41, 5.74) is 2.31. The van der Waals surface area contributed by atoms with Gasteiger partial charge in [-0.2, -0.15) is 5.10 Å². The smallest absolute Gasteiger partial charge is 0.222 e. The molecule has 3 aromatic rings. The van der Waals surface area contributed by atoms with Gasteiger partial charge in [0.2, 0.25) is 5.88 Å². The van der Waals surface area contributed by atoms with Crippen molar-refractivity contribution >= 4 is 0 Å². The molecule has 0 fully saturated rings. The predicted molar refractivity (Wildman–Crippen MR) is 132 cm³/mol. The van der Waals surface area contributed by atoms with Gasteiger partial charge in [0.05, 0.1) is 24.9 Å². The highest BCUT2D eigenvalue weighted by molar-refractivity contribution is 5.65. The number of aromatic nitrogens is 2. The van der Waals surface area contributed by atoms with Crippen molar-refractivity contribution in [2.45, 2.75) is 26.5 Å². The summed E-state index contributed by atoms with van der Waals surface area (Å²) >= 11 is 0. The summed E-state index contributed by atoms with van der Waals surface area (Å²) in [5, 5.41) is 15.2. The van der Waals surface area contributed by atoms with E-state index in [-0.39, 0.29) is 12.4 Å². The highest BCUT2D eigenvalue weighted by atomic mass is 19.1. The molecule has 0 unspecified atom stereocenters. The normalized spacial score (nSPS) is 12.3. The second-order valence-corrected chi connectivity index (χ2v) is 8.87. The number of halogens is 2. The fourth-order valence-electron chi connectivity index (χ4n) is 3.89. The molecule has 3 rings (SSSR count). The molecular formula is C27H33F2N3O3. The van der Waals surface area contributed by atoms with Crippen molar-refractivity contribution in [1.29, 1.82) is 0 Å². The number of hydrogen-bond acceptors (Lipinski definition) is 5. The molecular weight excluding hydrogens is 452 g/mol. The van der Waals surface area contributed by atoms with Crippen LogP contribution in [0, 0.1) is 17.6 Å². The van der Waals surface area contributed by atoms with Gasteiger partial charge in [0.1, 0.15) is 11.5 Å². The number of aliphatic hydroxyl groups is 1. The largest absolute Gasteiger partial charge is 0.436 e. The Hall–Kier alpha value is -3.07. The molecule has 35 heavy (non-hydrogen) atoms. The molecule has 1 atom stereocenters. The minimum atomic E-state index is -0.799. The van der Waals surface area contributed by atoms with Crippen molar-refractivity contribution in [3.8, 4) is 22.9 Å². The average Bonchev–Trinajstić information content (AvgIpc) is 3.11. The molecule has 188 valence electrons. The first-order valence-electron chi connectivity index (χ1n) is 11.6. The maximum absolute atomic E-state index is 14.4. The molecule has 0 bridgehead atoms. The van der Waals surface area contributed by atoms with E-state index in [4.69, 9.17) is 9.47 Å². The van der Waals surface area contributed by atoms with Crippen LogP contribution >= 0.6 is 0 Å². The molecule has 8 heteroatoms. The Labute approximate surface area is 205 Å². The number of hydrogen-bond donors (Lipinski definition) is 1. The Morgan fingerprint density at radius 1 is 1.14 bits per heavy atom. The van der Waals surface area contributed by atoms with Gasteiger partial charge in [-0.05, 0) is 18.1 Å². The number of aryl methyl sites for hydroxylation is 1. The van der Waals surface area contributed by atoms with Crippen molar-refractivity contribution in [2.24, 2.45) is 13.0 Å². The van der Waals surface area contributed by atoms with Crippen LogP contribution in [0.3, 0.4) is 0 Å². The van der Waals surface area contributed by atoms with E-state index in [0.29, 0.717) is 43.7 Å². The number of benzene rings is 2. The van der Waals surface area contributed by atoms with E-state index >= 15 is 0 Å². The standard InChI is InChI=1S/C27H33F2N3O3/c1-5-13-34-18-22(33)16-32(15-19(2)3)17-23-26(20-9-7-6-8-10-20)30-31(4)27(23)35-25-12-11-21(28)14-24(25)29/h5-12,14,19,22,33H,1,13,15-18H2,2-4H3/t22-/m0/s1. The van der Waals surface area contributed by atoms with Gasteiger partial charge in [-0.15, -0.1) is 6.58 Å². The van der Waals surface area contributed by atoms with Crippen LogP contribution in [-0.4, -0.2) is 52.2 Å². The molecule has 0 amide bonds. The summed E-state index contributed by atoms with van der Waals surface area (Å²) < 4.78 is 40.8. The third-order valence-electron chi connectivity index (χ3n) is 5.26. The monoisotopic (exact) mass is 485 g/mol. The van der Waals surface area contributed by atoms with Gasteiger partial charge >= 0.3 is 0 Å². The Bertz CT molecular complexity index is 1100. The molecule has 2 aromatic carbocycles. The highest BCUT2D eigenvalue weighted by Crippen LogP contribution is 2.35. The van der Waals surface area contributed by atoms with E-state index in [9.17, 15) is 13.9 Å². The third kappa shape index (κ3) is 7.45. The van der Waals surface area contributed by atoms with E-state index in [1.54, 1.807) is 17.8 Å². The molecule has 0 aliphatic heterocycles. The summed E-state index contributed by atoms with van der Waals surface area (Å²) in [6, 6.07) is 12.8. The van der Waals surface area contributed by atoms with Gasteiger partial charge in [-0.1, -0.05) is 50.3 Å². The minimum absolute atomic E-state index is 0.0940. The molecule has 1 heterocycles. The quantitative estimate of drug-likeness (QED) is 0.267. The zero-order valence-corrected chi connectivity index (χ0v) is 20.5. The second-order valence-electron chi connectivity index (χ2n) is 8.87. The lowest BCUT2D eigenvalue weighted by molar-refractivity contribution is 0.0222. The topological polar surface area (TPSA) is 59.8 Å². The van der Waals surface area contributed by atoms with Crippen molar-refractivity contribution in [3.05, 3.63) is 78.4 Å². The first kappa shape index (κ1) is 26.5. The van der Waals surface area contributed by atoms with Crippen molar-refractivity contribution in [2.75, 3.05) is 26.3 Å². The van der Waals surface area contributed by atoms with Gasteiger partial charge in [-0.25, -0.2) is 13.5 Å². The molecule has 0 aliphatic carbocycles. The molecule has 0 radical (unpaired) electrons. The van der Waals surface area contributed by atoms with Gasteiger partial charge in [0, 0.05) is 38.3 Å². The van der Waals surface area contributed by atoms with Crippen molar-refractivity contribution in [3.63, 3.8) is 0 Å². The minimum Gasteiger partial charge on any atom is -0.436 e. The van der Waals surface area contributed by atoms with E-state index in [2.05, 4.69) is 30.4 Å². The van der Waals surface area contributed by atoms with Crippen LogP contribution in [0.15, 0.2) is 61.2 Å². The van der Waals surface area contributed by atoms with Gasteiger partial charge < -0.3 is 14.6 Å². The van der Waals surface area contributed by atoms with Crippen LogP contribution in [0.5, 0.6) is 11.6 Å². The molecule has 6 nitrogen and oxygen atoms in total. The van der Waals surface area contributed by atoms with Crippen LogP contribution in [-0.2, 0) is 18.3 Å². The summed E-state index contributed by atoms with van der Waals surface area (Å²) in [7, 11) is 1.72. The fraction of sp³-hybridized carbons (Fsp3) is 0.370. The van der Waals surface area contributed by atoms with Crippen LogP contribution < -0.4 is 4.74 Å². The third-order valence-corrected chi connectivity index (χ3v) is 5.26. The van der Waals surface area contributed by atoms with Crippen molar-refractivity contribution in [1.82, 2.24) is 14.7 Å². The number of ether oxygens (including phenoxy) is 2. The number of aliphatic hydroxyl groups excluding tert-OH is 1. The summed E-state index contributed by atoms with van der Waals surface area (Å²) in [4.78, 5) is 2.10. The van der Waals surface area contributed by atoms with Gasteiger partial charge in [0.15, 0.2) is 11.6 Å². The van der Waals surface area contributed by atoms with Crippen LogP contribution in [0.2, 0.25) is 0 Å². The van der Waals surface area contributed by atoms with Gasteiger partial charge in [0.25, 0.3) is 0 Å². The van der Waals surface area contributed by atoms with Crippen LogP contribution in [0.4, 0.5) is 8.78 Å². The molecule has 0 aliphatic rings. The predicted octanol–water partition coefficient (Wildman–Crippen LogP) is 5.18. The molecule has 0 saturated heterocycles. The average molecular weight is 486 g/mol. The Balaban J connectivity index is 1.97. The van der Waals surface area contributed by atoms with Crippen LogP contribution in [0.25, 0.3) is 11.3 Å². The Morgan fingerprint density at radius 3 is 2.54 bits per heavy atom. The molecule has 1 aromatic heterocycles. The zero-order valence-electron chi connectivity index (χ0n) is 20.5. The zero-order chi connectivity index (χ0) is 25.4. The van der Waals surface area contributed by atoms with E-state index in [1.807, 2.05) is 30.3 Å². The first-order valence-corrected chi connectivity index (χ1v) is 11.6. The maximum atomic E-state index is 14.4. The maximum Gasteiger partial charge on any atom is 0.222 e.